The number of fused-ring (bicyclic) bond motifs is 3. The van der Waals surface area contributed by atoms with Gasteiger partial charge in [0.1, 0.15) is 11.0 Å². The van der Waals surface area contributed by atoms with Gasteiger partial charge in [0.05, 0.1) is 5.52 Å². The zero-order valence-corrected chi connectivity index (χ0v) is 18.2. The van der Waals surface area contributed by atoms with E-state index in [2.05, 4.69) is 15.3 Å². The van der Waals surface area contributed by atoms with Crippen molar-refractivity contribution in [2.75, 3.05) is 20.1 Å². The second-order valence-corrected chi connectivity index (χ2v) is 8.12. The fraction of sp³-hybridized carbons (Fsp3) is 0.208. The molecule has 0 bridgehead atoms. The number of hydrogen-bond acceptors (Lipinski definition) is 4. The van der Waals surface area contributed by atoms with Crippen molar-refractivity contribution in [1.29, 1.82) is 0 Å². The molecule has 1 amide bonds. The quantitative estimate of drug-likeness (QED) is 0.483. The zero-order valence-electron chi connectivity index (χ0n) is 18.2. The molecule has 0 spiro atoms. The first-order chi connectivity index (χ1) is 16.4. The van der Waals surface area contributed by atoms with Crippen LogP contribution in [0.1, 0.15) is 28.0 Å². The van der Waals surface area contributed by atoms with Crippen LogP contribution in [0.15, 0.2) is 47.5 Å². The highest BCUT2D eigenvalue weighted by Crippen LogP contribution is 2.26. The summed E-state index contributed by atoms with van der Waals surface area (Å²) in [4.78, 5) is 32.3. The van der Waals surface area contributed by atoms with Crippen molar-refractivity contribution in [2.45, 2.75) is 13.0 Å². The lowest BCUT2D eigenvalue weighted by atomic mass is 10.00. The van der Waals surface area contributed by atoms with Gasteiger partial charge in [-0.2, -0.15) is 0 Å². The molecule has 3 aromatic heterocycles. The van der Waals surface area contributed by atoms with E-state index >= 15 is 4.39 Å². The maximum atomic E-state index is 15.3. The van der Waals surface area contributed by atoms with E-state index in [0.29, 0.717) is 42.7 Å². The molecule has 1 aliphatic heterocycles. The van der Waals surface area contributed by atoms with Gasteiger partial charge in [0.2, 0.25) is 0 Å². The van der Waals surface area contributed by atoms with Gasteiger partial charge < -0.3 is 14.7 Å². The molecule has 0 aliphatic carbocycles. The number of aromatic amines is 1. The van der Waals surface area contributed by atoms with Crippen LogP contribution >= 0.6 is 0 Å². The van der Waals surface area contributed by atoms with Crippen LogP contribution in [0.2, 0.25) is 0 Å². The normalized spacial score (nSPS) is 14.5. The van der Waals surface area contributed by atoms with Gasteiger partial charge in [-0.1, -0.05) is 12.1 Å². The summed E-state index contributed by atoms with van der Waals surface area (Å²) in [5.74, 6) is -2.50. The van der Waals surface area contributed by atoms with Gasteiger partial charge in [0.15, 0.2) is 23.1 Å². The number of benzene rings is 1. The molecule has 0 saturated carbocycles. The molecule has 34 heavy (non-hydrogen) atoms. The highest BCUT2D eigenvalue weighted by Gasteiger charge is 2.20. The maximum Gasteiger partial charge on any atom is 0.275 e. The minimum Gasteiger partial charge on any atom is -0.354 e. The SMILES string of the molecule is CNC(=O)c1ncc(C2=CCN(Cc3ccc4c([nH]c(=O)c5c(F)ccn54)c3F)CC2)cc1F. The lowest BCUT2D eigenvalue weighted by Gasteiger charge is -2.26. The van der Waals surface area contributed by atoms with Crippen LogP contribution in [-0.2, 0) is 6.54 Å². The second-order valence-electron chi connectivity index (χ2n) is 8.12. The van der Waals surface area contributed by atoms with E-state index in [4.69, 9.17) is 0 Å². The Bertz CT molecular complexity index is 1540. The number of rotatable bonds is 4. The third-order valence-electron chi connectivity index (χ3n) is 6.09. The Labute approximate surface area is 191 Å². The van der Waals surface area contributed by atoms with Gasteiger partial charge in [-0.05, 0) is 35.8 Å². The van der Waals surface area contributed by atoms with E-state index in [1.54, 1.807) is 12.1 Å². The largest absolute Gasteiger partial charge is 0.354 e. The van der Waals surface area contributed by atoms with Crippen LogP contribution in [0.3, 0.4) is 0 Å². The summed E-state index contributed by atoms with van der Waals surface area (Å²) < 4.78 is 44.7. The van der Waals surface area contributed by atoms with Crippen molar-refractivity contribution >= 4 is 28.0 Å². The standard InChI is InChI=1S/C24H20F3N5O2/c1-28-23(33)20-17(26)10-15(11-29-20)13-4-7-31(8-5-13)12-14-2-3-18-21(19(14)27)30-24(34)22-16(25)6-9-32(18)22/h2-4,6,9-11H,5,7-8,12H2,1H3,(H,28,33)(H,30,34). The summed E-state index contributed by atoms with van der Waals surface area (Å²) >= 11 is 0. The molecule has 4 aromatic rings. The first kappa shape index (κ1) is 21.9. The predicted octanol–water partition coefficient (Wildman–Crippen LogP) is 3.24. The third kappa shape index (κ3) is 3.65. The number of amides is 1. The Kier molecular flexibility index (Phi) is 5.45. The first-order valence-corrected chi connectivity index (χ1v) is 10.7. The summed E-state index contributed by atoms with van der Waals surface area (Å²) in [6.07, 6.45) is 5.39. The molecule has 1 aromatic carbocycles. The Morgan fingerprint density at radius 2 is 2.03 bits per heavy atom. The average molecular weight is 467 g/mol. The van der Waals surface area contributed by atoms with Gasteiger partial charge in [-0.3, -0.25) is 14.5 Å². The Morgan fingerprint density at radius 3 is 2.74 bits per heavy atom. The van der Waals surface area contributed by atoms with Crippen molar-refractivity contribution in [3.8, 4) is 0 Å². The van der Waals surface area contributed by atoms with Gasteiger partial charge in [0, 0.05) is 44.6 Å². The fourth-order valence-corrected chi connectivity index (χ4v) is 4.31. The lowest BCUT2D eigenvalue weighted by Crippen LogP contribution is -2.28. The molecular formula is C24H20F3N5O2. The van der Waals surface area contributed by atoms with Crippen molar-refractivity contribution in [2.24, 2.45) is 0 Å². The van der Waals surface area contributed by atoms with E-state index in [9.17, 15) is 18.4 Å². The highest BCUT2D eigenvalue weighted by molar-refractivity contribution is 5.92. The first-order valence-electron chi connectivity index (χ1n) is 10.7. The summed E-state index contributed by atoms with van der Waals surface area (Å²) in [5, 5.41) is 2.35. The highest BCUT2D eigenvalue weighted by atomic mass is 19.1. The zero-order chi connectivity index (χ0) is 24.0. The number of pyridine rings is 1. The molecule has 0 fully saturated rings. The van der Waals surface area contributed by atoms with Gasteiger partial charge in [-0.25, -0.2) is 18.2 Å². The number of halogens is 3. The molecular weight excluding hydrogens is 447 g/mol. The molecule has 0 radical (unpaired) electrons. The van der Waals surface area contributed by atoms with E-state index in [1.807, 2.05) is 11.0 Å². The Morgan fingerprint density at radius 1 is 1.21 bits per heavy atom. The van der Waals surface area contributed by atoms with Crippen LogP contribution < -0.4 is 10.9 Å². The minimum absolute atomic E-state index is 0.0246. The molecule has 5 rings (SSSR count). The second kappa shape index (κ2) is 8.45. The fourth-order valence-electron chi connectivity index (χ4n) is 4.31. The monoisotopic (exact) mass is 467 g/mol. The van der Waals surface area contributed by atoms with E-state index < -0.39 is 28.9 Å². The maximum absolute atomic E-state index is 15.3. The van der Waals surface area contributed by atoms with Crippen molar-refractivity contribution in [3.05, 3.63) is 87.4 Å². The third-order valence-corrected chi connectivity index (χ3v) is 6.09. The molecule has 0 unspecified atom stereocenters. The number of aromatic nitrogens is 3. The predicted molar refractivity (Wildman–Crippen MR) is 121 cm³/mol. The van der Waals surface area contributed by atoms with Crippen molar-refractivity contribution in [3.63, 3.8) is 0 Å². The van der Waals surface area contributed by atoms with Crippen molar-refractivity contribution in [1.82, 2.24) is 24.6 Å². The van der Waals surface area contributed by atoms with Gasteiger partial charge in [-0.15, -0.1) is 0 Å². The summed E-state index contributed by atoms with van der Waals surface area (Å²) in [6, 6.07) is 5.75. The molecule has 7 nitrogen and oxygen atoms in total. The number of carbonyl (C=O) groups excluding carboxylic acids is 1. The molecule has 2 N–H and O–H groups in total. The lowest BCUT2D eigenvalue weighted by molar-refractivity contribution is 0.0953. The van der Waals surface area contributed by atoms with E-state index in [1.165, 1.54) is 36.0 Å². The van der Waals surface area contributed by atoms with Gasteiger partial charge >= 0.3 is 0 Å². The molecule has 0 saturated heterocycles. The van der Waals surface area contributed by atoms with Crippen LogP contribution in [0.25, 0.3) is 22.1 Å². The average Bonchev–Trinajstić information content (AvgIpc) is 3.23. The smallest absolute Gasteiger partial charge is 0.275 e. The van der Waals surface area contributed by atoms with Crippen LogP contribution in [0, 0.1) is 17.5 Å². The minimum atomic E-state index is -0.695. The number of carbonyl (C=O) groups is 1. The van der Waals surface area contributed by atoms with Gasteiger partial charge in [0.25, 0.3) is 11.5 Å². The van der Waals surface area contributed by atoms with Crippen LogP contribution in [0.5, 0.6) is 0 Å². The molecule has 1 aliphatic rings. The molecule has 174 valence electrons. The number of nitrogens with one attached hydrogen (secondary N) is 2. The number of nitrogens with zero attached hydrogens (tertiary/aromatic N) is 3. The molecule has 0 atom stereocenters. The van der Waals surface area contributed by atoms with Crippen molar-refractivity contribution < 1.29 is 18.0 Å². The summed E-state index contributed by atoms with van der Waals surface area (Å²) in [5.41, 5.74) is 1.19. The molecule has 10 heteroatoms. The van der Waals surface area contributed by atoms with E-state index in [0.717, 1.165) is 5.57 Å². The summed E-state index contributed by atoms with van der Waals surface area (Å²) in [7, 11) is 1.41. The summed E-state index contributed by atoms with van der Waals surface area (Å²) in [6.45, 7) is 1.40. The van der Waals surface area contributed by atoms with E-state index in [-0.39, 0.29) is 16.7 Å². The molecule has 4 heterocycles. The topological polar surface area (TPSA) is 82.5 Å². The van der Waals surface area contributed by atoms with Crippen LogP contribution in [-0.4, -0.2) is 45.3 Å². The Balaban J connectivity index is 1.37. The Hall–Kier alpha value is -3.92. The number of H-pyrrole nitrogens is 1. The van der Waals surface area contributed by atoms with Crippen LogP contribution in [0.4, 0.5) is 13.2 Å². The number of hydrogen-bond donors (Lipinski definition) is 2.